The Morgan fingerprint density at radius 1 is 1.20 bits per heavy atom. The molecule has 0 saturated carbocycles. The Hall–Kier alpha value is -2.26. The van der Waals surface area contributed by atoms with Crippen molar-refractivity contribution in [3.8, 4) is 11.6 Å². The highest BCUT2D eigenvalue weighted by Crippen LogP contribution is 2.28. The summed E-state index contributed by atoms with van der Waals surface area (Å²) < 4.78 is 13.1. The number of likely N-dealkylation sites (tertiary alicyclic amines) is 1. The minimum Gasteiger partial charge on any atom is -0.376 e. The van der Waals surface area contributed by atoms with E-state index in [0.717, 1.165) is 37.3 Å². The van der Waals surface area contributed by atoms with Gasteiger partial charge < -0.3 is 14.2 Å². The van der Waals surface area contributed by atoms with Crippen LogP contribution in [0.5, 0.6) is 0 Å². The maximum absolute atomic E-state index is 12.6. The van der Waals surface area contributed by atoms with Gasteiger partial charge in [0.1, 0.15) is 0 Å². The molecule has 0 aromatic carbocycles. The Balaban J connectivity index is 1.35. The van der Waals surface area contributed by atoms with Crippen LogP contribution in [0.4, 0.5) is 0 Å². The molecule has 164 valence electrons. The van der Waals surface area contributed by atoms with Gasteiger partial charge in [0.25, 0.3) is 5.89 Å². The van der Waals surface area contributed by atoms with Gasteiger partial charge in [-0.15, -0.1) is 0 Å². The van der Waals surface area contributed by atoms with Crippen molar-refractivity contribution in [1.82, 2.24) is 29.7 Å². The minimum absolute atomic E-state index is 0.147. The van der Waals surface area contributed by atoms with Gasteiger partial charge in [-0.2, -0.15) is 10.1 Å². The number of carbonyl (C=O) groups excluding carboxylic acids is 1. The van der Waals surface area contributed by atoms with Crippen molar-refractivity contribution in [2.24, 2.45) is 0 Å². The van der Waals surface area contributed by atoms with E-state index < -0.39 is 0 Å². The van der Waals surface area contributed by atoms with Crippen LogP contribution in [0.2, 0.25) is 0 Å². The molecule has 0 spiro atoms. The van der Waals surface area contributed by atoms with Crippen molar-refractivity contribution < 1.29 is 14.1 Å². The molecule has 4 rings (SSSR count). The zero-order chi connectivity index (χ0) is 20.9. The van der Waals surface area contributed by atoms with E-state index in [1.165, 1.54) is 31.4 Å². The van der Waals surface area contributed by atoms with Crippen molar-refractivity contribution in [2.45, 2.75) is 58.6 Å². The third-order valence-corrected chi connectivity index (χ3v) is 6.02. The zero-order valence-electron chi connectivity index (χ0n) is 18.1. The molecule has 2 aromatic heterocycles. The van der Waals surface area contributed by atoms with Crippen LogP contribution in [-0.2, 0) is 35.5 Å². The average Bonchev–Trinajstić information content (AvgIpc) is 3.29. The predicted octanol–water partition coefficient (Wildman–Crippen LogP) is 1.90. The molecule has 0 aliphatic carbocycles. The monoisotopic (exact) mass is 416 g/mol. The molecule has 2 aromatic rings. The highest BCUT2D eigenvalue weighted by molar-refractivity contribution is 5.78. The number of ether oxygens (including phenoxy) is 1. The molecule has 0 bridgehead atoms. The zero-order valence-corrected chi connectivity index (χ0v) is 18.1. The lowest BCUT2D eigenvalue weighted by Crippen LogP contribution is -2.39. The summed E-state index contributed by atoms with van der Waals surface area (Å²) in [6.45, 7) is 7.21. The van der Waals surface area contributed by atoms with Gasteiger partial charge in [0, 0.05) is 44.2 Å². The van der Waals surface area contributed by atoms with Gasteiger partial charge in [-0.1, -0.05) is 18.0 Å². The number of likely N-dealkylation sites (N-methyl/N-ethyl adjacent to an activating group) is 1. The molecule has 0 atom stereocenters. The van der Waals surface area contributed by atoms with Gasteiger partial charge >= 0.3 is 0 Å². The number of hydrogen-bond acceptors (Lipinski definition) is 7. The molecule has 1 saturated heterocycles. The SMILES string of the molecule is CCn1nc(-c2nc(CCN(C)C(=O)CN3CCCCCC3)no2)c2c1CCOC2. The summed E-state index contributed by atoms with van der Waals surface area (Å²) in [5.41, 5.74) is 2.95. The van der Waals surface area contributed by atoms with E-state index in [2.05, 4.69) is 27.1 Å². The van der Waals surface area contributed by atoms with E-state index in [9.17, 15) is 4.79 Å². The first-order chi connectivity index (χ1) is 14.7. The molecule has 4 heterocycles. The van der Waals surface area contributed by atoms with Crippen LogP contribution in [0.1, 0.15) is 49.7 Å². The van der Waals surface area contributed by atoms with Crippen molar-refractivity contribution in [3.05, 3.63) is 17.1 Å². The number of rotatable bonds is 7. The summed E-state index contributed by atoms with van der Waals surface area (Å²) in [4.78, 5) is 21.1. The standard InChI is InChI=1S/C21H32N6O3/c1-3-27-17-9-13-29-15-16(17)20(23-27)21-22-18(24-30-21)8-12-25(2)19(28)14-26-10-6-4-5-7-11-26/h3-15H2,1-2H3. The number of nitrogens with zero attached hydrogens (tertiary/aromatic N) is 6. The molecule has 0 radical (unpaired) electrons. The van der Waals surface area contributed by atoms with Crippen molar-refractivity contribution in [1.29, 1.82) is 0 Å². The third-order valence-electron chi connectivity index (χ3n) is 6.02. The van der Waals surface area contributed by atoms with Gasteiger partial charge in [-0.3, -0.25) is 14.4 Å². The van der Waals surface area contributed by atoms with Crippen LogP contribution in [0, 0.1) is 0 Å². The van der Waals surface area contributed by atoms with Crippen LogP contribution in [0.15, 0.2) is 4.52 Å². The number of hydrogen-bond donors (Lipinski definition) is 0. The normalized spacial score (nSPS) is 17.5. The number of amides is 1. The fourth-order valence-corrected chi connectivity index (χ4v) is 4.19. The van der Waals surface area contributed by atoms with Gasteiger partial charge in [0.05, 0.1) is 19.8 Å². The molecule has 9 heteroatoms. The largest absolute Gasteiger partial charge is 0.376 e. The van der Waals surface area contributed by atoms with Crippen LogP contribution >= 0.6 is 0 Å². The smallest absolute Gasteiger partial charge is 0.278 e. The van der Waals surface area contributed by atoms with E-state index in [1.54, 1.807) is 4.90 Å². The summed E-state index contributed by atoms with van der Waals surface area (Å²) in [5.74, 6) is 1.17. The quantitative estimate of drug-likeness (QED) is 0.681. The predicted molar refractivity (Wildman–Crippen MR) is 111 cm³/mol. The second kappa shape index (κ2) is 9.70. The first kappa shape index (κ1) is 21.0. The average molecular weight is 417 g/mol. The summed E-state index contributed by atoms with van der Waals surface area (Å²) in [6, 6.07) is 0. The molecular formula is C21H32N6O3. The van der Waals surface area contributed by atoms with Crippen LogP contribution in [0.3, 0.4) is 0 Å². The lowest BCUT2D eigenvalue weighted by Gasteiger charge is -2.23. The summed E-state index contributed by atoms with van der Waals surface area (Å²) in [7, 11) is 1.85. The molecule has 1 fully saturated rings. The van der Waals surface area contributed by atoms with E-state index >= 15 is 0 Å². The lowest BCUT2D eigenvalue weighted by atomic mass is 10.1. The van der Waals surface area contributed by atoms with Crippen LogP contribution in [0.25, 0.3) is 11.6 Å². The number of fused-ring (bicyclic) bond motifs is 1. The number of aromatic nitrogens is 4. The first-order valence-electron chi connectivity index (χ1n) is 11.1. The Labute approximate surface area is 177 Å². The highest BCUT2D eigenvalue weighted by atomic mass is 16.5. The second-order valence-electron chi connectivity index (χ2n) is 8.16. The third kappa shape index (κ3) is 4.73. The molecule has 0 unspecified atom stereocenters. The lowest BCUT2D eigenvalue weighted by molar-refractivity contribution is -0.131. The second-order valence-corrected chi connectivity index (χ2v) is 8.16. The van der Waals surface area contributed by atoms with E-state index in [1.807, 2.05) is 11.7 Å². The van der Waals surface area contributed by atoms with Gasteiger partial charge in [-0.05, 0) is 32.9 Å². The molecular weight excluding hydrogens is 384 g/mol. The Bertz CT molecular complexity index is 853. The van der Waals surface area contributed by atoms with Gasteiger partial charge in [0.15, 0.2) is 11.5 Å². The van der Waals surface area contributed by atoms with Crippen molar-refractivity contribution >= 4 is 5.91 Å². The molecule has 2 aliphatic heterocycles. The molecule has 2 aliphatic rings. The molecule has 9 nitrogen and oxygen atoms in total. The van der Waals surface area contributed by atoms with Crippen molar-refractivity contribution in [2.75, 3.05) is 39.8 Å². The number of aryl methyl sites for hydroxylation is 1. The Morgan fingerprint density at radius 2 is 2.00 bits per heavy atom. The molecule has 1 amide bonds. The van der Waals surface area contributed by atoms with E-state index in [0.29, 0.717) is 44.4 Å². The summed E-state index contributed by atoms with van der Waals surface area (Å²) >= 11 is 0. The summed E-state index contributed by atoms with van der Waals surface area (Å²) in [6.07, 6.45) is 6.31. The van der Waals surface area contributed by atoms with Crippen LogP contribution < -0.4 is 0 Å². The minimum atomic E-state index is 0.147. The Morgan fingerprint density at radius 3 is 2.77 bits per heavy atom. The maximum atomic E-state index is 12.6. The van der Waals surface area contributed by atoms with E-state index in [-0.39, 0.29) is 5.91 Å². The maximum Gasteiger partial charge on any atom is 0.278 e. The fraction of sp³-hybridized carbons (Fsp3) is 0.714. The topological polar surface area (TPSA) is 89.5 Å². The fourth-order valence-electron chi connectivity index (χ4n) is 4.19. The van der Waals surface area contributed by atoms with Crippen molar-refractivity contribution in [3.63, 3.8) is 0 Å². The molecule has 30 heavy (non-hydrogen) atoms. The van der Waals surface area contributed by atoms with Gasteiger partial charge in [-0.25, -0.2) is 0 Å². The van der Waals surface area contributed by atoms with Gasteiger partial charge in [0.2, 0.25) is 5.91 Å². The molecule has 0 N–H and O–H groups in total. The Kier molecular flexibility index (Phi) is 6.79. The van der Waals surface area contributed by atoms with E-state index in [4.69, 9.17) is 9.26 Å². The van der Waals surface area contributed by atoms with Crippen LogP contribution in [-0.4, -0.2) is 75.5 Å². The first-order valence-corrected chi connectivity index (χ1v) is 11.1. The highest BCUT2D eigenvalue weighted by Gasteiger charge is 2.25. The number of carbonyl (C=O) groups is 1. The summed E-state index contributed by atoms with van der Waals surface area (Å²) in [5, 5.41) is 8.77.